The normalized spacial score (nSPS) is 10.5. The van der Waals surface area contributed by atoms with E-state index in [0.29, 0.717) is 0 Å². The fourth-order valence-electron chi connectivity index (χ4n) is 1.94. The van der Waals surface area contributed by atoms with Crippen LogP contribution >= 0.6 is 12.6 Å². The first-order valence-corrected chi connectivity index (χ1v) is 6.67. The van der Waals surface area contributed by atoms with E-state index in [0.717, 1.165) is 12.3 Å². The number of aryl methyl sites for hydroxylation is 2. The highest BCUT2D eigenvalue weighted by Gasteiger charge is 2.01. The number of nitrogens with zero attached hydrogens (tertiary/aromatic N) is 1. The van der Waals surface area contributed by atoms with Crippen molar-refractivity contribution in [2.24, 2.45) is 0 Å². The lowest BCUT2D eigenvalue weighted by Crippen LogP contribution is -2.18. The van der Waals surface area contributed by atoms with Gasteiger partial charge in [0.25, 0.3) is 0 Å². The Kier molecular flexibility index (Phi) is 5.75. The van der Waals surface area contributed by atoms with Gasteiger partial charge in [0.1, 0.15) is 0 Å². The Hall–Kier alpha value is -0.630. The molecule has 0 saturated heterocycles. The van der Waals surface area contributed by atoms with Crippen LogP contribution in [-0.2, 0) is 0 Å². The van der Waals surface area contributed by atoms with Crippen LogP contribution < -0.4 is 4.90 Å². The molecule has 0 unspecified atom stereocenters. The summed E-state index contributed by atoms with van der Waals surface area (Å²) in [6.45, 7) is 5.45. The highest BCUT2D eigenvalue weighted by Crippen LogP contribution is 2.17. The molecule has 0 radical (unpaired) electrons. The van der Waals surface area contributed by atoms with Crippen LogP contribution in [0.4, 0.5) is 5.69 Å². The van der Waals surface area contributed by atoms with Gasteiger partial charge in [0.2, 0.25) is 0 Å². The maximum Gasteiger partial charge on any atom is 0.0368 e. The van der Waals surface area contributed by atoms with Crippen molar-refractivity contribution in [3.8, 4) is 0 Å². The zero-order valence-corrected chi connectivity index (χ0v) is 11.6. The third-order valence-electron chi connectivity index (χ3n) is 2.80. The molecule has 0 aromatic heterocycles. The number of anilines is 1. The van der Waals surface area contributed by atoms with E-state index in [2.05, 4.69) is 56.6 Å². The summed E-state index contributed by atoms with van der Waals surface area (Å²) in [4.78, 5) is 2.35. The maximum absolute atomic E-state index is 4.23. The van der Waals surface area contributed by atoms with Gasteiger partial charge < -0.3 is 4.90 Å². The summed E-state index contributed by atoms with van der Waals surface area (Å²) < 4.78 is 0. The third kappa shape index (κ3) is 4.48. The smallest absolute Gasteiger partial charge is 0.0368 e. The monoisotopic (exact) mass is 237 g/mol. The Bertz CT molecular complexity index is 302. The lowest BCUT2D eigenvalue weighted by Gasteiger charge is -2.20. The first-order valence-electron chi connectivity index (χ1n) is 6.04. The van der Waals surface area contributed by atoms with Crippen molar-refractivity contribution in [1.82, 2.24) is 0 Å². The summed E-state index contributed by atoms with van der Waals surface area (Å²) in [6.07, 6.45) is 3.76. The van der Waals surface area contributed by atoms with Crippen LogP contribution in [0.5, 0.6) is 0 Å². The molecule has 0 aliphatic carbocycles. The fraction of sp³-hybridized carbons (Fsp3) is 0.571. The average molecular weight is 237 g/mol. The van der Waals surface area contributed by atoms with Gasteiger partial charge in [-0.25, -0.2) is 0 Å². The van der Waals surface area contributed by atoms with E-state index >= 15 is 0 Å². The van der Waals surface area contributed by atoms with Crippen LogP contribution in [-0.4, -0.2) is 19.3 Å². The quantitative estimate of drug-likeness (QED) is 0.581. The minimum atomic E-state index is 1.01. The predicted octanol–water partition coefficient (Wildman–Crippen LogP) is 3.84. The predicted molar refractivity (Wildman–Crippen MR) is 76.9 cm³/mol. The maximum atomic E-state index is 4.23. The van der Waals surface area contributed by atoms with Gasteiger partial charge in [0.05, 0.1) is 0 Å². The SMILES string of the molecule is Cc1cc(C)cc(N(C)CCCCCS)c1. The van der Waals surface area contributed by atoms with Gasteiger partial charge in [-0.05, 0) is 55.7 Å². The molecule has 0 atom stereocenters. The highest BCUT2D eigenvalue weighted by molar-refractivity contribution is 7.80. The highest BCUT2D eigenvalue weighted by atomic mass is 32.1. The lowest BCUT2D eigenvalue weighted by atomic mass is 10.1. The second-order valence-corrected chi connectivity index (χ2v) is 5.00. The molecule has 90 valence electrons. The molecule has 0 saturated carbocycles. The minimum absolute atomic E-state index is 1.01. The Morgan fingerprint density at radius 1 is 1.00 bits per heavy atom. The molecule has 0 heterocycles. The van der Waals surface area contributed by atoms with Crippen molar-refractivity contribution in [3.63, 3.8) is 0 Å². The molecule has 0 spiro atoms. The van der Waals surface area contributed by atoms with Gasteiger partial charge in [-0.3, -0.25) is 0 Å². The fourth-order valence-corrected chi connectivity index (χ4v) is 2.16. The van der Waals surface area contributed by atoms with Crippen LogP contribution in [0.15, 0.2) is 18.2 Å². The largest absolute Gasteiger partial charge is 0.375 e. The van der Waals surface area contributed by atoms with E-state index in [9.17, 15) is 0 Å². The molecule has 1 aromatic carbocycles. The number of unbranched alkanes of at least 4 members (excludes halogenated alkanes) is 2. The number of hydrogen-bond donors (Lipinski definition) is 1. The van der Waals surface area contributed by atoms with Crippen LogP contribution in [0.2, 0.25) is 0 Å². The van der Waals surface area contributed by atoms with Crippen LogP contribution in [0.3, 0.4) is 0 Å². The molecule has 0 fully saturated rings. The molecule has 0 N–H and O–H groups in total. The number of hydrogen-bond acceptors (Lipinski definition) is 2. The lowest BCUT2D eigenvalue weighted by molar-refractivity contribution is 0.710. The molecule has 1 aromatic rings. The van der Waals surface area contributed by atoms with Crippen molar-refractivity contribution in [2.45, 2.75) is 33.1 Å². The summed E-state index contributed by atoms with van der Waals surface area (Å²) in [5.74, 6) is 1.01. The summed E-state index contributed by atoms with van der Waals surface area (Å²) in [5, 5.41) is 0. The minimum Gasteiger partial charge on any atom is -0.375 e. The van der Waals surface area contributed by atoms with E-state index in [1.165, 1.54) is 36.1 Å². The van der Waals surface area contributed by atoms with Crippen molar-refractivity contribution in [3.05, 3.63) is 29.3 Å². The number of rotatable bonds is 6. The van der Waals surface area contributed by atoms with E-state index in [-0.39, 0.29) is 0 Å². The van der Waals surface area contributed by atoms with E-state index in [1.807, 2.05) is 0 Å². The molecule has 1 nitrogen and oxygen atoms in total. The second kappa shape index (κ2) is 6.85. The molecule has 2 heteroatoms. The molecule has 0 bridgehead atoms. The zero-order chi connectivity index (χ0) is 12.0. The Morgan fingerprint density at radius 3 is 2.19 bits per heavy atom. The van der Waals surface area contributed by atoms with Crippen LogP contribution in [0.1, 0.15) is 30.4 Å². The van der Waals surface area contributed by atoms with Crippen LogP contribution in [0.25, 0.3) is 0 Å². The molecule has 0 aliphatic rings. The van der Waals surface area contributed by atoms with Gasteiger partial charge in [-0.2, -0.15) is 12.6 Å². The number of thiol groups is 1. The Labute approximate surface area is 105 Å². The van der Waals surface area contributed by atoms with Gasteiger partial charge in [-0.15, -0.1) is 0 Å². The summed E-state index contributed by atoms with van der Waals surface area (Å²) in [7, 11) is 2.18. The first kappa shape index (κ1) is 13.4. The van der Waals surface area contributed by atoms with Crippen LogP contribution in [0, 0.1) is 13.8 Å². The number of benzene rings is 1. The topological polar surface area (TPSA) is 3.24 Å². The molecule has 1 rings (SSSR count). The first-order chi connectivity index (χ1) is 7.63. The summed E-state index contributed by atoms with van der Waals surface area (Å²) >= 11 is 4.23. The summed E-state index contributed by atoms with van der Waals surface area (Å²) in [6, 6.07) is 6.73. The standard InChI is InChI=1S/C14H23NS/c1-12-9-13(2)11-14(10-12)15(3)7-5-4-6-8-16/h9-11,16H,4-8H2,1-3H3. The van der Waals surface area contributed by atoms with Crippen molar-refractivity contribution < 1.29 is 0 Å². The van der Waals surface area contributed by atoms with E-state index in [1.54, 1.807) is 0 Å². The molecular formula is C14H23NS. The van der Waals surface area contributed by atoms with E-state index < -0.39 is 0 Å². The Morgan fingerprint density at radius 2 is 1.62 bits per heavy atom. The van der Waals surface area contributed by atoms with Gasteiger partial charge in [0.15, 0.2) is 0 Å². The third-order valence-corrected chi connectivity index (χ3v) is 3.12. The van der Waals surface area contributed by atoms with Crippen molar-refractivity contribution in [2.75, 3.05) is 24.2 Å². The Balaban J connectivity index is 2.48. The molecule has 0 amide bonds. The molecule has 0 aliphatic heterocycles. The van der Waals surface area contributed by atoms with Gasteiger partial charge >= 0.3 is 0 Å². The van der Waals surface area contributed by atoms with E-state index in [4.69, 9.17) is 0 Å². The van der Waals surface area contributed by atoms with Crippen molar-refractivity contribution in [1.29, 1.82) is 0 Å². The van der Waals surface area contributed by atoms with Crippen molar-refractivity contribution >= 4 is 18.3 Å². The second-order valence-electron chi connectivity index (χ2n) is 4.55. The average Bonchev–Trinajstić information content (AvgIpc) is 2.22. The van der Waals surface area contributed by atoms with Gasteiger partial charge in [0, 0.05) is 19.3 Å². The molecular weight excluding hydrogens is 214 g/mol. The zero-order valence-electron chi connectivity index (χ0n) is 10.7. The molecule has 16 heavy (non-hydrogen) atoms. The summed E-state index contributed by atoms with van der Waals surface area (Å²) in [5.41, 5.74) is 4.03. The van der Waals surface area contributed by atoms with Gasteiger partial charge in [-0.1, -0.05) is 12.5 Å².